The van der Waals surface area contributed by atoms with Crippen LogP contribution in [0.25, 0.3) is 0 Å². The van der Waals surface area contributed by atoms with Crippen molar-refractivity contribution in [2.75, 3.05) is 0 Å². The van der Waals surface area contributed by atoms with Crippen molar-refractivity contribution in [1.29, 1.82) is 0 Å². The molecule has 8 heteroatoms. The first-order chi connectivity index (χ1) is 13.1. The summed E-state index contributed by atoms with van der Waals surface area (Å²) < 4.78 is 11.0. The molecule has 3 amide bonds. The second-order valence-electron chi connectivity index (χ2n) is 9.24. The van der Waals surface area contributed by atoms with E-state index in [0.29, 0.717) is 6.42 Å². The highest BCUT2D eigenvalue weighted by Crippen LogP contribution is 2.35. The smallest absolute Gasteiger partial charge is 0.411 e. The Morgan fingerprint density at radius 2 is 1.59 bits per heavy atom. The second-order valence-corrected chi connectivity index (χ2v) is 9.24. The van der Waals surface area contributed by atoms with E-state index >= 15 is 0 Å². The van der Waals surface area contributed by atoms with Crippen LogP contribution in [0, 0.1) is 5.92 Å². The predicted octanol–water partition coefficient (Wildman–Crippen LogP) is 2.95. The van der Waals surface area contributed by atoms with Crippen molar-refractivity contribution in [1.82, 2.24) is 10.2 Å². The fourth-order valence-corrected chi connectivity index (χ4v) is 3.26. The maximum atomic E-state index is 13.0. The average Bonchev–Trinajstić information content (AvgIpc) is 2.82. The zero-order chi connectivity index (χ0) is 22.6. The minimum atomic E-state index is -0.889. The molecular formula is C21H34N2O6. The van der Waals surface area contributed by atoms with E-state index in [0.717, 1.165) is 0 Å². The lowest BCUT2D eigenvalue weighted by molar-refractivity contribution is -0.160. The molecule has 1 rings (SSSR count). The molecule has 0 spiro atoms. The maximum absolute atomic E-state index is 13.0. The van der Waals surface area contributed by atoms with Crippen molar-refractivity contribution in [2.45, 2.75) is 91.5 Å². The van der Waals surface area contributed by atoms with Crippen LogP contribution in [0.5, 0.6) is 0 Å². The molecule has 1 saturated heterocycles. The van der Waals surface area contributed by atoms with Gasteiger partial charge in [0.25, 0.3) is 0 Å². The Kier molecular flexibility index (Phi) is 8.00. The maximum Gasteiger partial charge on any atom is 0.411 e. The monoisotopic (exact) mass is 410 g/mol. The topological polar surface area (TPSA) is 102 Å². The molecule has 1 N–H and O–H groups in total. The lowest BCUT2D eigenvalue weighted by Gasteiger charge is -2.33. The van der Waals surface area contributed by atoms with Gasteiger partial charge >= 0.3 is 12.1 Å². The van der Waals surface area contributed by atoms with Gasteiger partial charge in [-0.15, -0.1) is 0 Å². The Hall–Kier alpha value is -2.38. The summed E-state index contributed by atoms with van der Waals surface area (Å²) in [7, 11) is 0. The summed E-state index contributed by atoms with van der Waals surface area (Å²) >= 11 is 0. The lowest BCUT2D eigenvalue weighted by Crippen LogP contribution is -2.50. The van der Waals surface area contributed by atoms with E-state index in [-0.39, 0.29) is 12.3 Å². The standard InChI is InChI=1S/C21H34N2O6/c1-9-10-14-11-16(18(26)28-20(3,4)5)23(19(27)29-21(6,7)8)15(14)12-17(25)22-13(2)24/h9-10,14-16H,11-12H2,1-8H3,(H,22,24,25)/t14-,15-,16-/m1/s1. The van der Waals surface area contributed by atoms with Crippen LogP contribution in [0.3, 0.4) is 0 Å². The Labute approximate surface area is 173 Å². The highest BCUT2D eigenvalue weighted by atomic mass is 16.6. The van der Waals surface area contributed by atoms with Crippen LogP contribution in [0.4, 0.5) is 4.79 Å². The van der Waals surface area contributed by atoms with Crippen molar-refractivity contribution < 1.29 is 28.7 Å². The van der Waals surface area contributed by atoms with Gasteiger partial charge in [-0.25, -0.2) is 9.59 Å². The number of hydrogen-bond donors (Lipinski definition) is 1. The molecule has 0 aromatic rings. The number of nitrogens with zero attached hydrogens (tertiary/aromatic N) is 1. The molecule has 164 valence electrons. The van der Waals surface area contributed by atoms with Gasteiger partial charge in [-0.2, -0.15) is 0 Å². The van der Waals surface area contributed by atoms with Crippen LogP contribution < -0.4 is 5.32 Å². The van der Waals surface area contributed by atoms with Crippen LogP contribution in [-0.2, 0) is 23.9 Å². The number of rotatable bonds is 4. The van der Waals surface area contributed by atoms with Gasteiger partial charge in [0.1, 0.15) is 17.2 Å². The van der Waals surface area contributed by atoms with Crippen molar-refractivity contribution in [3.8, 4) is 0 Å². The van der Waals surface area contributed by atoms with Gasteiger partial charge in [0.15, 0.2) is 0 Å². The summed E-state index contributed by atoms with van der Waals surface area (Å²) in [5.74, 6) is -1.81. The Balaban J connectivity index is 3.28. The van der Waals surface area contributed by atoms with Gasteiger partial charge in [-0.05, 0) is 54.9 Å². The van der Waals surface area contributed by atoms with Crippen molar-refractivity contribution in [3.05, 3.63) is 12.2 Å². The van der Waals surface area contributed by atoms with Gasteiger partial charge < -0.3 is 9.47 Å². The SMILES string of the molecule is CC=C[C@@H]1C[C@H](C(=O)OC(C)(C)C)N(C(=O)OC(C)(C)C)[C@@H]1CC(=O)NC(C)=O. The normalized spacial score (nSPS) is 22.5. The molecule has 1 heterocycles. The number of carbonyl (C=O) groups is 4. The average molecular weight is 411 g/mol. The first kappa shape index (κ1) is 24.7. The molecule has 0 saturated carbocycles. The van der Waals surface area contributed by atoms with E-state index < -0.39 is 47.2 Å². The van der Waals surface area contributed by atoms with E-state index in [2.05, 4.69) is 5.32 Å². The Morgan fingerprint density at radius 1 is 1.03 bits per heavy atom. The highest BCUT2D eigenvalue weighted by molar-refractivity contribution is 5.94. The van der Waals surface area contributed by atoms with Crippen LogP contribution >= 0.6 is 0 Å². The van der Waals surface area contributed by atoms with Crippen LogP contribution in [0.1, 0.15) is 68.2 Å². The van der Waals surface area contributed by atoms with Crippen molar-refractivity contribution in [2.24, 2.45) is 5.92 Å². The minimum Gasteiger partial charge on any atom is -0.458 e. The number of carbonyl (C=O) groups excluding carboxylic acids is 4. The lowest BCUT2D eigenvalue weighted by atomic mass is 9.95. The third-order valence-corrected chi connectivity index (χ3v) is 4.12. The molecule has 0 aliphatic carbocycles. The van der Waals surface area contributed by atoms with Crippen molar-refractivity contribution >= 4 is 23.9 Å². The fourth-order valence-electron chi connectivity index (χ4n) is 3.26. The molecule has 0 radical (unpaired) electrons. The zero-order valence-electron chi connectivity index (χ0n) is 18.7. The predicted molar refractivity (Wildman–Crippen MR) is 108 cm³/mol. The summed E-state index contributed by atoms with van der Waals surface area (Å²) in [5, 5.41) is 2.23. The second kappa shape index (κ2) is 9.41. The van der Waals surface area contributed by atoms with E-state index in [1.807, 2.05) is 19.1 Å². The quantitative estimate of drug-likeness (QED) is 0.565. The molecule has 1 fully saturated rings. The summed E-state index contributed by atoms with van der Waals surface area (Å²) in [5.41, 5.74) is -1.50. The van der Waals surface area contributed by atoms with Crippen LogP contribution in [0.2, 0.25) is 0 Å². The van der Waals surface area contributed by atoms with Crippen LogP contribution in [-0.4, -0.2) is 52.1 Å². The number of likely N-dealkylation sites (tertiary alicyclic amines) is 1. The van der Waals surface area contributed by atoms with Gasteiger partial charge in [0.2, 0.25) is 11.8 Å². The highest BCUT2D eigenvalue weighted by Gasteiger charge is 2.49. The molecule has 3 atom stereocenters. The third kappa shape index (κ3) is 7.87. The zero-order valence-corrected chi connectivity index (χ0v) is 18.7. The third-order valence-electron chi connectivity index (χ3n) is 4.12. The van der Waals surface area contributed by atoms with E-state index in [9.17, 15) is 19.2 Å². The fraction of sp³-hybridized carbons (Fsp3) is 0.714. The molecule has 0 aromatic carbocycles. The van der Waals surface area contributed by atoms with Gasteiger partial charge in [0, 0.05) is 19.3 Å². The van der Waals surface area contributed by atoms with E-state index in [4.69, 9.17) is 9.47 Å². The summed E-state index contributed by atoms with van der Waals surface area (Å²) in [6.07, 6.45) is 3.14. The number of amides is 3. The summed E-state index contributed by atoms with van der Waals surface area (Å²) in [6, 6.07) is -1.53. The number of nitrogens with one attached hydrogen (secondary N) is 1. The summed E-state index contributed by atoms with van der Waals surface area (Å²) in [4.78, 5) is 50.6. The molecule has 1 aliphatic heterocycles. The first-order valence-electron chi connectivity index (χ1n) is 9.82. The number of allylic oxidation sites excluding steroid dienone is 1. The molecule has 0 aromatic heterocycles. The molecule has 0 bridgehead atoms. The number of ether oxygens (including phenoxy) is 2. The van der Waals surface area contributed by atoms with E-state index in [1.165, 1.54) is 11.8 Å². The number of esters is 1. The first-order valence-corrected chi connectivity index (χ1v) is 9.82. The van der Waals surface area contributed by atoms with Crippen LogP contribution in [0.15, 0.2) is 12.2 Å². The molecule has 0 unspecified atom stereocenters. The van der Waals surface area contributed by atoms with E-state index in [1.54, 1.807) is 41.5 Å². The molecular weight excluding hydrogens is 376 g/mol. The largest absolute Gasteiger partial charge is 0.458 e. The Bertz CT molecular complexity index is 672. The van der Waals surface area contributed by atoms with Gasteiger partial charge in [-0.3, -0.25) is 19.8 Å². The summed E-state index contributed by atoms with van der Waals surface area (Å²) in [6.45, 7) is 13.5. The molecule has 1 aliphatic rings. The van der Waals surface area contributed by atoms with Gasteiger partial charge in [0.05, 0.1) is 6.04 Å². The molecule has 29 heavy (non-hydrogen) atoms. The number of imide groups is 1. The minimum absolute atomic E-state index is 0.132. The molecule has 8 nitrogen and oxygen atoms in total. The number of hydrogen-bond acceptors (Lipinski definition) is 6. The Morgan fingerprint density at radius 3 is 2.03 bits per heavy atom. The van der Waals surface area contributed by atoms with Crippen molar-refractivity contribution in [3.63, 3.8) is 0 Å². The van der Waals surface area contributed by atoms with Gasteiger partial charge in [-0.1, -0.05) is 12.2 Å².